The molecular weight excluding hydrogens is 290 g/mol. The quantitative estimate of drug-likeness (QED) is 0.715. The van der Waals surface area contributed by atoms with Crippen LogP contribution in [0.2, 0.25) is 0 Å². The van der Waals surface area contributed by atoms with Gasteiger partial charge in [-0.25, -0.2) is 4.79 Å². The first kappa shape index (κ1) is 17.8. The minimum Gasteiger partial charge on any atom is -0.394 e. The van der Waals surface area contributed by atoms with Crippen LogP contribution in [0.3, 0.4) is 0 Å². The Morgan fingerprint density at radius 1 is 1.30 bits per heavy atom. The summed E-state index contributed by atoms with van der Waals surface area (Å²) in [7, 11) is 2.16. The molecule has 1 aliphatic heterocycles. The first-order valence-electron chi connectivity index (χ1n) is 8.55. The molecule has 1 fully saturated rings. The molecule has 1 aliphatic rings. The summed E-state index contributed by atoms with van der Waals surface area (Å²) < 4.78 is 0. The van der Waals surface area contributed by atoms with Crippen LogP contribution in [-0.2, 0) is 6.42 Å². The third-order valence-corrected chi connectivity index (χ3v) is 4.56. The maximum atomic E-state index is 12.0. The van der Waals surface area contributed by atoms with E-state index in [-0.39, 0.29) is 18.7 Å². The first-order chi connectivity index (χ1) is 11.2. The second-order valence-electron chi connectivity index (χ2n) is 6.50. The highest BCUT2D eigenvalue weighted by Gasteiger charge is 2.17. The number of rotatable bonds is 7. The predicted molar refractivity (Wildman–Crippen MR) is 92.4 cm³/mol. The number of hydrogen-bond donors (Lipinski definition) is 3. The third-order valence-electron chi connectivity index (χ3n) is 4.56. The second-order valence-corrected chi connectivity index (χ2v) is 6.50. The predicted octanol–water partition coefficient (Wildman–Crippen LogP) is 1.62. The molecule has 0 saturated carbocycles. The SMILES string of the molecule is CN1CCC(CCNC(=O)NC(CO)Cc2ccccc2)CC1. The van der Waals surface area contributed by atoms with Crippen molar-refractivity contribution in [3.63, 3.8) is 0 Å². The molecule has 3 N–H and O–H groups in total. The minimum atomic E-state index is -0.249. The molecule has 128 valence electrons. The summed E-state index contributed by atoms with van der Waals surface area (Å²) in [6.45, 7) is 2.95. The molecule has 2 rings (SSSR count). The molecule has 1 atom stereocenters. The fraction of sp³-hybridized carbons (Fsp3) is 0.611. The number of likely N-dealkylation sites (tertiary alicyclic amines) is 1. The van der Waals surface area contributed by atoms with Gasteiger partial charge in [0.1, 0.15) is 0 Å². The van der Waals surface area contributed by atoms with Gasteiger partial charge in [-0.2, -0.15) is 0 Å². The molecule has 0 radical (unpaired) electrons. The smallest absolute Gasteiger partial charge is 0.315 e. The molecule has 1 aromatic carbocycles. The Balaban J connectivity index is 1.64. The van der Waals surface area contributed by atoms with E-state index in [0.29, 0.717) is 18.9 Å². The molecular formula is C18H29N3O2. The Morgan fingerprint density at radius 3 is 2.65 bits per heavy atom. The average molecular weight is 319 g/mol. The van der Waals surface area contributed by atoms with E-state index in [4.69, 9.17) is 0 Å². The topological polar surface area (TPSA) is 64.6 Å². The lowest BCUT2D eigenvalue weighted by atomic mass is 9.94. The lowest BCUT2D eigenvalue weighted by Gasteiger charge is -2.29. The van der Waals surface area contributed by atoms with E-state index in [1.54, 1.807) is 0 Å². The largest absolute Gasteiger partial charge is 0.394 e. The molecule has 0 spiro atoms. The van der Waals surface area contributed by atoms with E-state index in [0.717, 1.165) is 25.1 Å². The summed E-state index contributed by atoms with van der Waals surface area (Å²) in [4.78, 5) is 14.3. The second kappa shape index (κ2) is 9.53. The number of nitrogens with one attached hydrogen (secondary N) is 2. The van der Waals surface area contributed by atoms with Crippen molar-refractivity contribution in [3.05, 3.63) is 35.9 Å². The highest BCUT2D eigenvalue weighted by Crippen LogP contribution is 2.18. The molecule has 23 heavy (non-hydrogen) atoms. The number of nitrogens with zero attached hydrogens (tertiary/aromatic N) is 1. The number of piperidine rings is 1. The summed E-state index contributed by atoms with van der Waals surface area (Å²) in [5.41, 5.74) is 1.11. The van der Waals surface area contributed by atoms with E-state index in [1.807, 2.05) is 30.3 Å². The summed E-state index contributed by atoms with van der Waals surface area (Å²) in [6.07, 6.45) is 4.10. The molecule has 1 saturated heterocycles. The minimum absolute atomic E-state index is 0.0583. The van der Waals surface area contributed by atoms with Crippen LogP contribution in [0, 0.1) is 5.92 Å². The van der Waals surface area contributed by atoms with E-state index in [2.05, 4.69) is 22.6 Å². The van der Waals surface area contributed by atoms with Crippen LogP contribution in [0.4, 0.5) is 4.79 Å². The van der Waals surface area contributed by atoms with Crippen molar-refractivity contribution in [2.45, 2.75) is 31.7 Å². The summed E-state index contributed by atoms with van der Waals surface area (Å²) in [5.74, 6) is 0.712. The van der Waals surface area contributed by atoms with E-state index in [9.17, 15) is 9.90 Å². The van der Waals surface area contributed by atoms with Crippen LogP contribution in [0.15, 0.2) is 30.3 Å². The Labute approximate surface area is 139 Å². The van der Waals surface area contributed by atoms with Crippen LogP contribution in [0.1, 0.15) is 24.8 Å². The Bertz CT molecular complexity index is 459. The van der Waals surface area contributed by atoms with Gasteiger partial charge in [-0.05, 0) is 57.3 Å². The standard InChI is InChI=1S/C18H29N3O2/c1-21-11-8-15(9-12-21)7-10-19-18(23)20-17(14-22)13-16-5-3-2-4-6-16/h2-6,15,17,22H,7-14H2,1H3,(H2,19,20,23). The molecule has 0 aliphatic carbocycles. The van der Waals surface area contributed by atoms with Crippen molar-refractivity contribution in [1.29, 1.82) is 0 Å². The fourth-order valence-corrected chi connectivity index (χ4v) is 3.04. The maximum absolute atomic E-state index is 12.0. The van der Waals surface area contributed by atoms with E-state index in [1.165, 1.54) is 12.8 Å². The van der Waals surface area contributed by atoms with Gasteiger partial charge in [0.25, 0.3) is 0 Å². The monoisotopic (exact) mass is 319 g/mol. The molecule has 1 heterocycles. The van der Waals surface area contributed by atoms with Gasteiger partial charge in [0.05, 0.1) is 12.6 Å². The molecule has 5 nitrogen and oxygen atoms in total. The van der Waals surface area contributed by atoms with Gasteiger partial charge in [0.2, 0.25) is 0 Å². The lowest BCUT2D eigenvalue weighted by Crippen LogP contribution is -2.45. The number of amides is 2. The summed E-state index contributed by atoms with van der Waals surface area (Å²) >= 11 is 0. The summed E-state index contributed by atoms with van der Waals surface area (Å²) in [5, 5.41) is 15.2. The fourth-order valence-electron chi connectivity index (χ4n) is 3.04. The van der Waals surface area contributed by atoms with Crippen LogP contribution in [0.5, 0.6) is 0 Å². The van der Waals surface area contributed by atoms with Crippen molar-refractivity contribution < 1.29 is 9.90 Å². The van der Waals surface area contributed by atoms with Crippen LogP contribution in [-0.4, -0.2) is 55.4 Å². The van der Waals surface area contributed by atoms with Crippen molar-refractivity contribution in [3.8, 4) is 0 Å². The van der Waals surface area contributed by atoms with Gasteiger partial charge >= 0.3 is 6.03 Å². The number of benzene rings is 1. The van der Waals surface area contributed by atoms with Crippen molar-refractivity contribution in [2.75, 3.05) is 33.3 Å². The van der Waals surface area contributed by atoms with Gasteiger partial charge in [-0.15, -0.1) is 0 Å². The van der Waals surface area contributed by atoms with E-state index < -0.39 is 0 Å². The first-order valence-corrected chi connectivity index (χ1v) is 8.55. The zero-order chi connectivity index (χ0) is 16.5. The number of carbonyl (C=O) groups is 1. The lowest BCUT2D eigenvalue weighted by molar-refractivity contribution is 0.205. The number of aliphatic hydroxyl groups excluding tert-OH is 1. The number of hydrogen-bond acceptors (Lipinski definition) is 3. The van der Waals surface area contributed by atoms with Gasteiger partial charge in [0.15, 0.2) is 0 Å². The number of carbonyl (C=O) groups excluding carboxylic acids is 1. The van der Waals surface area contributed by atoms with Crippen molar-refractivity contribution in [1.82, 2.24) is 15.5 Å². The van der Waals surface area contributed by atoms with Gasteiger partial charge in [0, 0.05) is 6.54 Å². The van der Waals surface area contributed by atoms with Gasteiger partial charge < -0.3 is 20.6 Å². The molecule has 2 amide bonds. The average Bonchev–Trinajstić information content (AvgIpc) is 2.57. The molecule has 1 unspecified atom stereocenters. The highest BCUT2D eigenvalue weighted by atomic mass is 16.3. The van der Waals surface area contributed by atoms with Crippen LogP contribution < -0.4 is 10.6 Å². The number of urea groups is 1. The highest BCUT2D eigenvalue weighted by molar-refractivity contribution is 5.74. The van der Waals surface area contributed by atoms with E-state index >= 15 is 0 Å². The Hall–Kier alpha value is -1.59. The zero-order valence-electron chi connectivity index (χ0n) is 14.0. The molecule has 0 bridgehead atoms. The normalized spacial score (nSPS) is 17.7. The summed E-state index contributed by atoms with van der Waals surface area (Å²) in [6, 6.07) is 9.45. The van der Waals surface area contributed by atoms with Crippen molar-refractivity contribution >= 4 is 6.03 Å². The van der Waals surface area contributed by atoms with Crippen molar-refractivity contribution in [2.24, 2.45) is 5.92 Å². The van der Waals surface area contributed by atoms with Crippen LogP contribution >= 0.6 is 0 Å². The van der Waals surface area contributed by atoms with Crippen LogP contribution in [0.25, 0.3) is 0 Å². The third kappa shape index (κ3) is 6.59. The van der Waals surface area contributed by atoms with Gasteiger partial charge in [-0.3, -0.25) is 0 Å². The zero-order valence-corrected chi connectivity index (χ0v) is 14.0. The Kier molecular flexibility index (Phi) is 7.36. The van der Waals surface area contributed by atoms with Gasteiger partial charge in [-0.1, -0.05) is 30.3 Å². The molecule has 5 heteroatoms. The Morgan fingerprint density at radius 2 is 2.00 bits per heavy atom. The number of aliphatic hydroxyl groups is 1. The maximum Gasteiger partial charge on any atom is 0.315 e. The molecule has 0 aromatic heterocycles. The molecule has 1 aromatic rings.